The van der Waals surface area contributed by atoms with Crippen molar-refractivity contribution in [2.24, 2.45) is 0 Å². The first-order valence-corrected chi connectivity index (χ1v) is 7.53. The Morgan fingerprint density at radius 3 is 2.48 bits per heavy atom. The van der Waals surface area contributed by atoms with Crippen molar-refractivity contribution < 1.29 is 9.90 Å². The molecule has 0 aliphatic heterocycles. The minimum atomic E-state index is -0.966. The molecule has 0 saturated heterocycles. The molecule has 0 fully saturated rings. The van der Waals surface area contributed by atoms with Gasteiger partial charge in [0.2, 0.25) is 0 Å². The van der Waals surface area contributed by atoms with Crippen LogP contribution < -0.4 is 5.32 Å². The van der Waals surface area contributed by atoms with E-state index in [-0.39, 0.29) is 11.6 Å². The van der Waals surface area contributed by atoms with Crippen LogP contribution in [0.1, 0.15) is 50.2 Å². The first kappa shape index (κ1) is 15.4. The van der Waals surface area contributed by atoms with E-state index in [1.807, 2.05) is 27.7 Å². The normalized spacial score (nSPS) is 12.2. The lowest BCUT2D eigenvalue weighted by molar-refractivity contribution is 0.0697. The summed E-state index contributed by atoms with van der Waals surface area (Å²) < 4.78 is 0. The largest absolute Gasteiger partial charge is 0.478 e. The van der Waals surface area contributed by atoms with E-state index >= 15 is 0 Å². The first-order valence-electron chi connectivity index (χ1n) is 6.71. The predicted octanol–water partition coefficient (Wildman–Crippen LogP) is 3.64. The van der Waals surface area contributed by atoms with Gasteiger partial charge in [0.05, 0.1) is 16.7 Å². The van der Waals surface area contributed by atoms with Gasteiger partial charge in [0.1, 0.15) is 11.4 Å². The monoisotopic (exact) mass is 305 g/mol. The summed E-state index contributed by atoms with van der Waals surface area (Å²) in [5.41, 5.74) is 2.71. The molecule has 6 heteroatoms. The molecule has 21 heavy (non-hydrogen) atoms. The van der Waals surface area contributed by atoms with Crippen LogP contribution in [0.5, 0.6) is 0 Å². The molecular weight excluding hydrogens is 286 g/mol. The fourth-order valence-electron chi connectivity index (χ4n) is 2.43. The maximum atomic E-state index is 11.5. The highest BCUT2D eigenvalue weighted by molar-refractivity contribution is 7.11. The molecule has 2 rings (SSSR count). The van der Waals surface area contributed by atoms with Gasteiger partial charge in [0, 0.05) is 10.6 Å². The molecule has 0 saturated carbocycles. The second-order valence-electron chi connectivity index (χ2n) is 5.16. The highest BCUT2D eigenvalue weighted by atomic mass is 32.1. The molecule has 0 radical (unpaired) electrons. The SMILES string of the molecule is Cc1cc(C)c(C(=O)O)c(NC(C)c2sc(C)nc2C)n1. The van der Waals surface area contributed by atoms with Crippen molar-refractivity contribution >= 4 is 23.1 Å². The van der Waals surface area contributed by atoms with E-state index in [1.54, 1.807) is 24.3 Å². The number of carboxylic acids is 1. The third-order valence-corrected chi connectivity index (χ3v) is 4.50. The van der Waals surface area contributed by atoms with Gasteiger partial charge in [-0.25, -0.2) is 14.8 Å². The van der Waals surface area contributed by atoms with Crippen LogP contribution in [-0.2, 0) is 0 Å². The summed E-state index contributed by atoms with van der Waals surface area (Å²) in [5, 5.41) is 13.6. The van der Waals surface area contributed by atoms with Crippen molar-refractivity contribution in [1.82, 2.24) is 9.97 Å². The Balaban J connectivity index is 2.39. The Morgan fingerprint density at radius 1 is 1.29 bits per heavy atom. The van der Waals surface area contributed by atoms with E-state index in [9.17, 15) is 9.90 Å². The number of aromatic carboxylic acids is 1. The molecule has 0 amide bonds. The number of hydrogen-bond acceptors (Lipinski definition) is 5. The molecule has 2 aromatic rings. The maximum absolute atomic E-state index is 11.5. The number of nitrogens with one attached hydrogen (secondary N) is 1. The van der Waals surface area contributed by atoms with Crippen molar-refractivity contribution in [2.75, 3.05) is 5.32 Å². The standard InChI is InChI=1S/C15H19N3O2S/c1-7-6-8(2)16-14(12(7)15(19)20)18-10(4)13-9(3)17-11(5)21-13/h6,10H,1-5H3,(H,16,18)(H,19,20). The smallest absolute Gasteiger partial charge is 0.339 e. The topological polar surface area (TPSA) is 75.1 Å². The zero-order valence-electron chi connectivity index (χ0n) is 12.8. The van der Waals surface area contributed by atoms with E-state index < -0.39 is 5.97 Å². The van der Waals surface area contributed by atoms with Crippen molar-refractivity contribution in [3.05, 3.63) is 38.5 Å². The summed E-state index contributed by atoms with van der Waals surface area (Å²) in [6.07, 6.45) is 0. The van der Waals surface area contributed by atoms with Crippen molar-refractivity contribution in [2.45, 2.75) is 40.7 Å². The molecule has 0 aliphatic carbocycles. The average Bonchev–Trinajstić information content (AvgIpc) is 2.66. The van der Waals surface area contributed by atoms with Gasteiger partial charge < -0.3 is 10.4 Å². The highest BCUT2D eigenvalue weighted by Gasteiger charge is 2.19. The summed E-state index contributed by atoms with van der Waals surface area (Å²) in [6, 6.07) is 1.74. The van der Waals surface area contributed by atoms with Crippen LogP contribution in [0, 0.1) is 27.7 Å². The molecule has 1 unspecified atom stereocenters. The van der Waals surface area contributed by atoms with E-state index in [4.69, 9.17) is 0 Å². The quantitative estimate of drug-likeness (QED) is 0.902. The number of carboxylic acid groups (broad SMARTS) is 1. The van der Waals surface area contributed by atoms with Crippen molar-refractivity contribution in [3.63, 3.8) is 0 Å². The molecular formula is C15H19N3O2S. The van der Waals surface area contributed by atoms with Gasteiger partial charge in [-0.15, -0.1) is 11.3 Å². The van der Waals surface area contributed by atoms with Gasteiger partial charge >= 0.3 is 5.97 Å². The number of thiazole rings is 1. The molecule has 0 aromatic carbocycles. The molecule has 0 bridgehead atoms. The lowest BCUT2D eigenvalue weighted by Gasteiger charge is -2.17. The fourth-order valence-corrected chi connectivity index (χ4v) is 3.36. The molecule has 2 heterocycles. The summed E-state index contributed by atoms with van der Waals surface area (Å²) in [5.74, 6) is -0.551. The maximum Gasteiger partial charge on any atom is 0.339 e. The highest BCUT2D eigenvalue weighted by Crippen LogP contribution is 2.29. The van der Waals surface area contributed by atoms with Crippen LogP contribution in [0.2, 0.25) is 0 Å². The van der Waals surface area contributed by atoms with Crippen LogP contribution in [0.15, 0.2) is 6.07 Å². The molecule has 0 spiro atoms. The molecule has 1 atom stereocenters. The van der Waals surface area contributed by atoms with Gasteiger partial charge in [-0.3, -0.25) is 0 Å². The Kier molecular flexibility index (Phi) is 4.27. The number of hydrogen-bond donors (Lipinski definition) is 2. The van der Waals surface area contributed by atoms with Crippen molar-refractivity contribution in [3.8, 4) is 0 Å². The Bertz CT molecular complexity index is 694. The second-order valence-corrected chi connectivity index (χ2v) is 6.39. The van der Waals surface area contributed by atoms with Gasteiger partial charge in [-0.1, -0.05) is 0 Å². The Morgan fingerprint density at radius 2 is 1.95 bits per heavy atom. The Labute approximate surface area is 128 Å². The van der Waals surface area contributed by atoms with Crippen LogP contribution in [-0.4, -0.2) is 21.0 Å². The van der Waals surface area contributed by atoms with Crippen LogP contribution in [0.4, 0.5) is 5.82 Å². The lowest BCUT2D eigenvalue weighted by atomic mass is 10.1. The van der Waals surface area contributed by atoms with E-state index in [2.05, 4.69) is 15.3 Å². The molecule has 112 valence electrons. The third kappa shape index (κ3) is 3.21. The minimum Gasteiger partial charge on any atom is -0.478 e. The van der Waals surface area contributed by atoms with Crippen molar-refractivity contribution in [1.29, 1.82) is 0 Å². The van der Waals surface area contributed by atoms with E-state index in [0.717, 1.165) is 21.3 Å². The fraction of sp³-hybridized carbons (Fsp3) is 0.400. The van der Waals surface area contributed by atoms with Gasteiger partial charge in [-0.05, 0) is 46.2 Å². The predicted molar refractivity (Wildman–Crippen MR) is 84.3 cm³/mol. The van der Waals surface area contributed by atoms with E-state index in [0.29, 0.717) is 11.4 Å². The van der Waals surface area contributed by atoms with Crippen LogP contribution in [0.25, 0.3) is 0 Å². The molecule has 2 aromatic heterocycles. The summed E-state index contributed by atoms with van der Waals surface area (Å²) >= 11 is 1.62. The number of anilines is 1. The third-order valence-electron chi connectivity index (χ3n) is 3.24. The number of pyridine rings is 1. The number of rotatable bonds is 4. The van der Waals surface area contributed by atoms with Crippen LogP contribution in [0.3, 0.4) is 0 Å². The van der Waals surface area contributed by atoms with Crippen LogP contribution >= 0.6 is 11.3 Å². The zero-order valence-corrected chi connectivity index (χ0v) is 13.6. The summed E-state index contributed by atoms with van der Waals surface area (Å²) in [4.78, 5) is 21.3. The van der Waals surface area contributed by atoms with Gasteiger partial charge in [-0.2, -0.15) is 0 Å². The average molecular weight is 305 g/mol. The van der Waals surface area contributed by atoms with E-state index in [1.165, 1.54) is 0 Å². The summed E-state index contributed by atoms with van der Waals surface area (Å²) in [7, 11) is 0. The number of carbonyl (C=O) groups is 1. The zero-order chi connectivity index (χ0) is 15.7. The van der Waals surface area contributed by atoms with Gasteiger partial charge in [0.15, 0.2) is 0 Å². The molecule has 5 nitrogen and oxygen atoms in total. The first-order chi connectivity index (χ1) is 9.79. The molecule has 0 aliphatic rings. The number of nitrogens with zero attached hydrogens (tertiary/aromatic N) is 2. The number of aryl methyl sites for hydroxylation is 4. The second kappa shape index (κ2) is 5.81. The minimum absolute atomic E-state index is 0.0389. The van der Waals surface area contributed by atoms with Gasteiger partial charge in [0.25, 0.3) is 0 Å². The lowest BCUT2D eigenvalue weighted by Crippen LogP contribution is -2.14. The Hall–Kier alpha value is -1.95. The summed E-state index contributed by atoms with van der Waals surface area (Å²) in [6.45, 7) is 9.56. The molecule has 2 N–H and O–H groups in total. The number of aromatic nitrogens is 2.